The van der Waals surface area contributed by atoms with Gasteiger partial charge >= 0.3 is 19.7 Å². The second-order valence-corrected chi connectivity index (χ2v) is 12.1. The number of ether oxygens (including phenoxy) is 3. The number of halogens is 2. The van der Waals surface area contributed by atoms with Gasteiger partial charge in [0.15, 0.2) is 0 Å². The number of nitrogens with one attached hydrogen (secondary N) is 1. The molecule has 0 saturated heterocycles. The topological polar surface area (TPSA) is 148 Å². The van der Waals surface area contributed by atoms with Gasteiger partial charge in [0, 0.05) is 30.0 Å². The number of hydrogen-bond acceptors (Lipinski definition) is 7. The molecular weight excluding hydrogens is 580 g/mol. The Morgan fingerprint density at radius 1 is 1.07 bits per heavy atom. The maximum Gasteiger partial charge on any atom is 0.511 e. The number of carbonyl (C=O) groups excluding carboxylic acids is 3. The molecule has 41 heavy (non-hydrogen) atoms. The summed E-state index contributed by atoms with van der Waals surface area (Å²) >= 11 is 5.99. The van der Waals surface area contributed by atoms with Crippen LogP contribution < -0.4 is 5.32 Å². The third-order valence-corrected chi connectivity index (χ3v) is 7.50. The third-order valence-electron chi connectivity index (χ3n) is 6.46. The molecule has 13 heteroatoms. The Morgan fingerprint density at radius 3 is 2.41 bits per heavy atom. The van der Waals surface area contributed by atoms with Gasteiger partial charge < -0.3 is 29.3 Å². The molecule has 1 aliphatic rings. The van der Waals surface area contributed by atoms with Gasteiger partial charge in [-0.2, -0.15) is 0 Å². The molecule has 1 fully saturated rings. The van der Waals surface area contributed by atoms with Gasteiger partial charge in [0.2, 0.25) is 12.2 Å². The fourth-order valence-corrected chi connectivity index (χ4v) is 5.15. The number of amides is 1. The summed E-state index contributed by atoms with van der Waals surface area (Å²) in [6, 6.07) is 10.1. The van der Waals surface area contributed by atoms with Crippen molar-refractivity contribution in [1.82, 2.24) is 5.32 Å². The maximum atomic E-state index is 14.3. The highest BCUT2D eigenvalue weighted by molar-refractivity contribution is 7.51. The minimum Gasteiger partial charge on any atom is -0.431 e. The molecule has 1 amide bonds. The van der Waals surface area contributed by atoms with Crippen LogP contribution in [0.3, 0.4) is 0 Å². The highest BCUT2D eigenvalue weighted by atomic mass is 35.5. The van der Waals surface area contributed by atoms with E-state index >= 15 is 0 Å². The molecule has 0 radical (unpaired) electrons. The van der Waals surface area contributed by atoms with Crippen molar-refractivity contribution in [1.29, 1.82) is 0 Å². The van der Waals surface area contributed by atoms with Crippen LogP contribution in [0.5, 0.6) is 0 Å². The van der Waals surface area contributed by atoms with E-state index in [9.17, 15) is 23.3 Å². The summed E-state index contributed by atoms with van der Waals surface area (Å²) < 4.78 is 40.9. The molecule has 0 aromatic heterocycles. The molecule has 1 unspecified atom stereocenters. The van der Waals surface area contributed by atoms with Gasteiger partial charge in [-0.05, 0) is 61.4 Å². The van der Waals surface area contributed by atoms with Gasteiger partial charge in [-0.1, -0.05) is 42.3 Å². The van der Waals surface area contributed by atoms with Crippen molar-refractivity contribution in [3.8, 4) is 11.1 Å². The minimum absolute atomic E-state index is 0.147. The third kappa shape index (κ3) is 11.8. The van der Waals surface area contributed by atoms with Crippen LogP contribution in [-0.2, 0) is 34.8 Å². The number of rotatable bonds is 12. The van der Waals surface area contributed by atoms with E-state index in [1.807, 2.05) is 0 Å². The molecule has 2 aromatic rings. The molecule has 0 spiro atoms. The first-order valence-corrected chi connectivity index (χ1v) is 15.5. The second-order valence-electron chi connectivity index (χ2n) is 9.94. The molecule has 0 heterocycles. The lowest BCUT2D eigenvalue weighted by molar-refractivity contribution is -0.169. The van der Waals surface area contributed by atoms with Gasteiger partial charge in [-0.25, -0.2) is 9.18 Å². The molecule has 3 N–H and O–H groups in total. The van der Waals surface area contributed by atoms with E-state index in [2.05, 4.69) is 5.32 Å². The van der Waals surface area contributed by atoms with Gasteiger partial charge in [0.25, 0.3) is 0 Å². The maximum absolute atomic E-state index is 14.3. The zero-order valence-electron chi connectivity index (χ0n) is 22.6. The van der Waals surface area contributed by atoms with Crippen LogP contribution in [0.25, 0.3) is 11.1 Å². The van der Waals surface area contributed by atoms with Crippen molar-refractivity contribution in [3.63, 3.8) is 0 Å². The average molecular weight is 614 g/mol. The lowest BCUT2D eigenvalue weighted by atomic mass is 9.98. The van der Waals surface area contributed by atoms with Crippen LogP contribution in [-0.4, -0.2) is 52.4 Å². The number of hydrogen-bond donors (Lipinski definition) is 3. The van der Waals surface area contributed by atoms with E-state index in [-0.39, 0.29) is 18.9 Å². The zero-order chi connectivity index (χ0) is 30.0. The summed E-state index contributed by atoms with van der Waals surface area (Å²) in [4.78, 5) is 55.3. The highest BCUT2D eigenvalue weighted by Crippen LogP contribution is 2.34. The van der Waals surface area contributed by atoms with Crippen LogP contribution in [0.4, 0.5) is 9.18 Å². The first-order valence-electron chi connectivity index (χ1n) is 13.3. The van der Waals surface area contributed by atoms with Gasteiger partial charge in [0.1, 0.15) is 11.9 Å². The van der Waals surface area contributed by atoms with Gasteiger partial charge in [-0.15, -0.1) is 0 Å². The van der Waals surface area contributed by atoms with E-state index in [0.29, 0.717) is 21.7 Å². The summed E-state index contributed by atoms with van der Waals surface area (Å²) in [5.41, 5.74) is 1.57. The van der Waals surface area contributed by atoms with Crippen LogP contribution in [0.2, 0.25) is 5.02 Å². The normalized spacial score (nSPS) is 15.4. The summed E-state index contributed by atoms with van der Waals surface area (Å²) in [6.07, 6.45) is 0.841. The minimum atomic E-state index is -4.40. The molecule has 1 aliphatic carbocycles. The molecule has 1 saturated carbocycles. The molecular formula is C28H34ClFNO9P. The number of benzene rings is 2. The monoisotopic (exact) mass is 613 g/mol. The molecule has 0 aliphatic heterocycles. The molecule has 2 aromatic carbocycles. The van der Waals surface area contributed by atoms with Crippen LogP contribution in [0.1, 0.15) is 57.4 Å². The quantitative estimate of drug-likeness (QED) is 0.160. The second kappa shape index (κ2) is 15.3. The van der Waals surface area contributed by atoms with Crippen molar-refractivity contribution in [2.24, 2.45) is 0 Å². The Morgan fingerprint density at radius 2 is 1.76 bits per heavy atom. The predicted molar refractivity (Wildman–Crippen MR) is 149 cm³/mol. The van der Waals surface area contributed by atoms with Crippen molar-refractivity contribution in [3.05, 3.63) is 58.9 Å². The first kappa shape index (κ1) is 32.5. The predicted octanol–water partition coefficient (Wildman–Crippen LogP) is 5.51. The Hall–Kier alpha value is -2.98. The van der Waals surface area contributed by atoms with Crippen LogP contribution in [0, 0.1) is 5.82 Å². The Kier molecular flexibility index (Phi) is 12.1. The van der Waals surface area contributed by atoms with Crippen LogP contribution in [0.15, 0.2) is 42.5 Å². The molecule has 224 valence electrons. The van der Waals surface area contributed by atoms with Gasteiger partial charge in [-0.3, -0.25) is 14.2 Å². The summed E-state index contributed by atoms with van der Waals surface area (Å²) in [5.74, 6) is -1.89. The first-order chi connectivity index (χ1) is 19.4. The summed E-state index contributed by atoms with van der Waals surface area (Å²) in [5, 5.41) is 2.98. The van der Waals surface area contributed by atoms with Gasteiger partial charge in [0.05, 0.1) is 12.6 Å². The van der Waals surface area contributed by atoms with Crippen molar-refractivity contribution >= 4 is 37.2 Å². The number of esters is 1. The lowest BCUT2D eigenvalue weighted by Gasteiger charge is -2.23. The Bertz CT molecular complexity index is 1250. The number of carbonyl (C=O) groups is 3. The lowest BCUT2D eigenvalue weighted by Crippen LogP contribution is -2.39. The average Bonchev–Trinajstić information content (AvgIpc) is 2.89. The molecule has 3 rings (SSSR count). The fraction of sp³-hybridized carbons (Fsp3) is 0.464. The smallest absolute Gasteiger partial charge is 0.431 e. The van der Waals surface area contributed by atoms with E-state index in [1.165, 1.54) is 25.1 Å². The van der Waals surface area contributed by atoms with E-state index < -0.39 is 56.4 Å². The van der Waals surface area contributed by atoms with E-state index in [0.717, 1.165) is 32.1 Å². The zero-order valence-corrected chi connectivity index (χ0v) is 24.2. The van der Waals surface area contributed by atoms with E-state index in [1.54, 1.807) is 24.3 Å². The standard InChI is InChI=1S/C28H34ClFNO9P/c1-18(39-28(34)40-23-5-3-2-4-6-23)38-27(33)17-22(31-26(32)13-14-41(35,36)37)15-19-7-9-20(10-8-19)24-16-21(29)11-12-25(24)30/h7-12,16,18,22-23H,2-6,13-15,17H2,1H3,(H,31,32)(H2,35,36,37)/t18-,22?/m0/s1. The Labute approximate surface area is 242 Å². The fourth-order valence-electron chi connectivity index (χ4n) is 4.49. The highest BCUT2D eigenvalue weighted by Gasteiger charge is 2.24. The Balaban J connectivity index is 1.62. The van der Waals surface area contributed by atoms with Crippen molar-refractivity contribution < 1.29 is 47.3 Å². The summed E-state index contributed by atoms with van der Waals surface area (Å²) in [7, 11) is -4.40. The molecule has 2 atom stereocenters. The van der Waals surface area contributed by atoms with Crippen LogP contribution >= 0.6 is 19.2 Å². The summed E-state index contributed by atoms with van der Waals surface area (Å²) in [6.45, 7) is 1.36. The van der Waals surface area contributed by atoms with E-state index in [4.69, 9.17) is 35.6 Å². The molecule has 0 bridgehead atoms. The van der Waals surface area contributed by atoms with Crippen molar-refractivity contribution in [2.45, 2.75) is 76.7 Å². The molecule has 10 nitrogen and oxygen atoms in total. The largest absolute Gasteiger partial charge is 0.511 e. The van der Waals surface area contributed by atoms with Crippen molar-refractivity contribution in [2.75, 3.05) is 6.16 Å². The SMILES string of the molecule is C[C@@H](OC(=O)CC(Cc1ccc(-c2cc(Cl)ccc2F)cc1)NC(=O)CCP(=O)(O)O)OC(=O)OC1CCCCC1.